The number of anilines is 1. The number of amides is 4. The first kappa shape index (κ1) is 50.8. The third-order valence-corrected chi connectivity index (χ3v) is 8.74. The quantitative estimate of drug-likeness (QED) is 0.119. The Balaban J connectivity index is 1.87. The highest BCUT2D eigenvalue weighted by molar-refractivity contribution is 5.98. The van der Waals surface area contributed by atoms with Gasteiger partial charge in [-0.2, -0.15) is 74.6 Å². The van der Waals surface area contributed by atoms with Crippen LogP contribution in [0.15, 0.2) is 48.5 Å². The van der Waals surface area contributed by atoms with Crippen molar-refractivity contribution in [2.24, 2.45) is 0 Å². The van der Waals surface area contributed by atoms with Gasteiger partial charge in [-0.1, -0.05) is 36.8 Å². The van der Waals surface area contributed by atoms with Crippen LogP contribution in [0.2, 0.25) is 0 Å². The molecule has 344 valence electrons. The Kier molecular flexibility index (Phi) is 15.5. The number of nitrogens with one attached hydrogen (secondary N) is 3. The lowest BCUT2D eigenvalue weighted by Crippen LogP contribution is -2.74. The molecule has 0 saturated heterocycles. The summed E-state index contributed by atoms with van der Waals surface area (Å²) in [5, 5.41) is 7.69. The molecule has 0 spiro atoms. The number of hydrogen-bond donors (Lipinski definition) is 3. The van der Waals surface area contributed by atoms with Crippen molar-refractivity contribution in [2.45, 2.75) is 79.7 Å². The summed E-state index contributed by atoms with van der Waals surface area (Å²) in [5.41, 5.74) is 0.0368. The van der Waals surface area contributed by atoms with E-state index in [0.29, 0.717) is 37.1 Å². The maximum absolute atomic E-state index is 14.4. The summed E-state index contributed by atoms with van der Waals surface area (Å²) < 4.78 is 236. The molecule has 0 aromatic heterocycles. The Morgan fingerprint density at radius 1 is 0.645 bits per heavy atom. The number of esters is 1. The number of urea groups is 1. The highest BCUT2D eigenvalue weighted by Crippen LogP contribution is 2.64. The molecule has 62 heavy (non-hydrogen) atoms. The zero-order chi connectivity index (χ0) is 47.2. The highest BCUT2D eigenvalue weighted by atomic mass is 19.4. The molecular formula is C36H31F17N4O5. The van der Waals surface area contributed by atoms with E-state index in [4.69, 9.17) is 0 Å². The molecule has 4 amide bonds. The number of halogens is 17. The molecule has 9 nitrogen and oxygen atoms in total. The predicted octanol–water partition coefficient (Wildman–Crippen LogP) is 8.55. The fourth-order valence-corrected chi connectivity index (χ4v) is 5.22. The molecule has 0 fully saturated rings. The lowest BCUT2D eigenvalue weighted by atomic mass is 9.88. The minimum absolute atomic E-state index is 0.0118. The van der Waals surface area contributed by atoms with Gasteiger partial charge in [-0.15, -0.1) is 0 Å². The first-order valence-corrected chi connectivity index (χ1v) is 17.5. The van der Waals surface area contributed by atoms with Gasteiger partial charge in [-0.3, -0.25) is 14.4 Å². The number of carbonyl (C=O) groups excluding carboxylic acids is 4. The Labute approximate surface area is 338 Å². The van der Waals surface area contributed by atoms with Crippen molar-refractivity contribution in [3.8, 4) is 11.8 Å². The zero-order valence-corrected chi connectivity index (χ0v) is 31.1. The molecular weight excluding hydrogens is 891 g/mol. The lowest BCUT2D eigenvalue weighted by molar-refractivity contribution is -0.461. The third-order valence-electron chi connectivity index (χ3n) is 8.74. The minimum atomic E-state index is -8.79. The molecule has 4 bridgehead atoms. The van der Waals surface area contributed by atoms with Crippen molar-refractivity contribution >= 4 is 29.5 Å². The van der Waals surface area contributed by atoms with Crippen LogP contribution in [0.5, 0.6) is 0 Å². The summed E-state index contributed by atoms with van der Waals surface area (Å²) in [4.78, 5) is 51.6. The molecule has 0 radical (unpaired) electrons. The van der Waals surface area contributed by atoms with Crippen molar-refractivity contribution in [2.75, 3.05) is 38.1 Å². The largest absolute Gasteiger partial charge is 0.464 e. The first-order chi connectivity index (χ1) is 28.4. The van der Waals surface area contributed by atoms with E-state index in [9.17, 15) is 93.8 Å². The van der Waals surface area contributed by atoms with Crippen molar-refractivity contribution in [1.29, 1.82) is 0 Å². The zero-order valence-electron chi connectivity index (χ0n) is 31.1. The lowest BCUT2D eigenvalue weighted by Gasteiger charge is -2.42. The summed E-state index contributed by atoms with van der Waals surface area (Å²) in [5.74, 6) is -56.3. The van der Waals surface area contributed by atoms with Crippen LogP contribution < -0.4 is 16.0 Å². The van der Waals surface area contributed by atoms with Gasteiger partial charge in [0.1, 0.15) is 6.54 Å². The van der Waals surface area contributed by atoms with Gasteiger partial charge in [0.05, 0.1) is 19.6 Å². The van der Waals surface area contributed by atoms with Crippen LogP contribution in [-0.4, -0.2) is 109 Å². The number of ether oxygens (including phenoxy) is 1. The van der Waals surface area contributed by atoms with E-state index in [0.717, 1.165) is 12.1 Å². The Hall–Kier alpha value is -5.51. The number of hydrogen-bond acceptors (Lipinski definition) is 5. The van der Waals surface area contributed by atoms with Crippen molar-refractivity contribution < 1.29 is 98.6 Å². The molecule has 3 rings (SSSR count). The van der Waals surface area contributed by atoms with Crippen LogP contribution >= 0.6 is 0 Å². The average Bonchev–Trinajstić information content (AvgIpc) is 3.17. The van der Waals surface area contributed by atoms with Crippen molar-refractivity contribution in [3.05, 3.63) is 65.2 Å². The van der Waals surface area contributed by atoms with Crippen LogP contribution in [0, 0.1) is 11.8 Å². The third kappa shape index (κ3) is 10.6. The van der Waals surface area contributed by atoms with Crippen molar-refractivity contribution in [1.82, 2.24) is 15.5 Å². The number of carbonyl (C=O) groups is 4. The molecule has 0 unspecified atom stereocenters. The van der Waals surface area contributed by atoms with Gasteiger partial charge < -0.3 is 25.6 Å². The maximum atomic E-state index is 14.4. The maximum Gasteiger partial charge on any atom is 0.460 e. The summed E-state index contributed by atoms with van der Waals surface area (Å²) in [6.45, 7) is -3.84. The number of nitrogens with zero attached hydrogens (tertiary/aromatic N) is 1. The fraction of sp³-hybridized carbons (Fsp3) is 0.500. The number of alkyl halides is 17. The first-order valence-electron chi connectivity index (χ1n) is 17.5. The molecule has 2 aromatic rings. The second kappa shape index (κ2) is 18.9. The minimum Gasteiger partial charge on any atom is -0.464 e. The smallest absolute Gasteiger partial charge is 0.460 e. The second-order valence-corrected chi connectivity index (χ2v) is 13.3. The molecule has 1 aliphatic heterocycles. The normalized spacial score (nSPS) is 16.4. The van der Waals surface area contributed by atoms with E-state index in [2.05, 4.69) is 32.5 Å². The standard InChI is InChI=1S/C36H31F17N4O5/c37-29(38,30(39,40)31(41,42)32(43,44)33(45,46)34(47,48)35(49,50)36(51,52)53)13-17-62-25(58)20-57-16-7-9-21-8-5-10-22(18-21)26(59)54-14-3-1-2-4-15-55-28(61)56-24-12-6-11-23(19-24)27(57)60/h5-6,8,10-12,18-19H,1-4,13-17,20H2,(H,54,59)(H2,55,56,61). The average molecular weight is 923 g/mol. The number of fused-ring (bicyclic) bond motifs is 4. The van der Waals surface area contributed by atoms with Gasteiger partial charge in [-0.25, -0.2) is 4.79 Å². The molecule has 3 N–H and O–H groups in total. The van der Waals surface area contributed by atoms with E-state index in [1.807, 2.05) is 0 Å². The SMILES string of the molecule is O=C1NCCCCCCNC(=O)c2cccc(c2)C#CCN(CC(=O)OCCC(F)(F)C(F)(F)C(F)(F)C(F)(F)C(F)(F)C(F)(F)C(F)(F)C(F)(F)F)C(=O)c2cccc(c2)N1. The Bertz CT molecular complexity index is 2020. The predicted molar refractivity (Wildman–Crippen MR) is 180 cm³/mol. The topological polar surface area (TPSA) is 117 Å². The fourth-order valence-electron chi connectivity index (χ4n) is 5.22. The van der Waals surface area contributed by atoms with Crippen LogP contribution in [0.25, 0.3) is 0 Å². The van der Waals surface area contributed by atoms with E-state index < -0.39 is 97.6 Å². The van der Waals surface area contributed by atoms with Gasteiger partial charge in [-0.05, 0) is 49.2 Å². The summed E-state index contributed by atoms with van der Waals surface area (Å²) in [7, 11) is 0. The van der Waals surface area contributed by atoms with Crippen LogP contribution in [-0.2, 0) is 9.53 Å². The van der Waals surface area contributed by atoms with Gasteiger partial charge in [0.25, 0.3) is 11.8 Å². The van der Waals surface area contributed by atoms with Crippen molar-refractivity contribution in [3.63, 3.8) is 0 Å². The van der Waals surface area contributed by atoms with Crippen LogP contribution in [0.3, 0.4) is 0 Å². The molecule has 1 heterocycles. The number of benzene rings is 2. The monoisotopic (exact) mass is 922 g/mol. The van der Waals surface area contributed by atoms with E-state index in [-0.39, 0.29) is 28.9 Å². The van der Waals surface area contributed by atoms with E-state index >= 15 is 0 Å². The Morgan fingerprint density at radius 2 is 1.18 bits per heavy atom. The second-order valence-electron chi connectivity index (χ2n) is 13.3. The van der Waals surface area contributed by atoms with E-state index in [1.165, 1.54) is 36.4 Å². The van der Waals surface area contributed by atoms with Gasteiger partial charge in [0, 0.05) is 35.5 Å². The molecule has 26 heteroatoms. The molecule has 0 aliphatic carbocycles. The van der Waals surface area contributed by atoms with Gasteiger partial charge in [0.15, 0.2) is 0 Å². The van der Waals surface area contributed by atoms with Gasteiger partial charge >= 0.3 is 59.6 Å². The summed E-state index contributed by atoms with van der Waals surface area (Å²) in [6, 6.07) is 9.73. The Morgan fingerprint density at radius 3 is 1.77 bits per heavy atom. The van der Waals surface area contributed by atoms with E-state index in [1.54, 1.807) is 0 Å². The molecule has 1 aliphatic rings. The molecule has 2 aromatic carbocycles. The number of rotatable bonds is 11. The highest BCUT2D eigenvalue weighted by Gasteiger charge is 2.95. The molecule has 0 saturated carbocycles. The molecule has 0 atom stereocenters. The summed E-state index contributed by atoms with van der Waals surface area (Å²) in [6.07, 6.45) is -8.37. The van der Waals surface area contributed by atoms with Crippen LogP contribution in [0.1, 0.15) is 58.4 Å². The summed E-state index contributed by atoms with van der Waals surface area (Å²) >= 11 is 0. The van der Waals surface area contributed by atoms with Gasteiger partial charge in [0.2, 0.25) is 0 Å². The van der Waals surface area contributed by atoms with Crippen LogP contribution in [0.4, 0.5) is 85.1 Å².